The predicted octanol–water partition coefficient (Wildman–Crippen LogP) is 1.94. The summed E-state index contributed by atoms with van der Waals surface area (Å²) in [6, 6.07) is 11.0. The van der Waals surface area contributed by atoms with Crippen molar-refractivity contribution in [1.82, 2.24) is 15.8 Å². The number of carbonyl (C=O) groups is 2. The average molecular weight is 366 g/mol. The molecule has 2 amide bonds. The molecule has 1 heterocycles. The zero-order valence-electron chi connectivity index (χ0n) is 12.0. The molecule has 2 rings (SSSR count). The number of carbonyl (C=O) groups excluding carboxylic acids is 2. The summed E-state index contributed by atoms with van der Waals surface area (Å²) in [7, 11) is 1.83. The molecule has 116 valence electrons. The SMILES string of the molecule is CN(CC(=O)NNC(=O)c1ccco1)Cc1ccc(Br)cc1. The van der Waals surface area contributed by atoms with E-state index in [2.05, 4.69) is 26.8 Å². The van der Waals surface area contributed by atoms with E-state index in [1.807, 2.05) is 36.2 Å². The van der Waals surface area contributed by atoms with Crippen LogP contribution in [0.2, 0.25) is 0 Å². The third-order valence-electron chi connectivity index (χ3n) is 2.84. The minimum absolute atomic E-state index is 0.142. The van der Waals surface area contributed by atoms with Crippen LogP contribution in [0, 0.1) is 0 Å². The van der Waals surface area contributed by atoms with Crippen LogP contribution in [0.15, 0.2) is 51.6 Å². The molecule has 0 unspecified atom stereocenters. The summed E-state index contributed by atoms with van der Waals surface area (Å²) in [5.74, 6) is -0.656. The molecular weight excluding hydrogens is 350 g/mol. The van der Waals surface area contributed by atoms with Crippen molar-refractivity contribution in [1.29, 1.82) is 0 Å². The molecule has 0 saturated heterocycles. The third kappa shape index (κ3) is 5.01. The zero-order chi connectivity index (χ0) is 15.9. The van der Waals surface area contributed by atoms with E-state index in [9.17, 15) is 9.59 Å². The van der Waals surface area contributed by atoms with Crippen molar-refractivity contribution in [2.75, 3.05) is 13.6 Å². The Morgan fingerprint density at radius 3 is 2.55 bits per heavy atom. The predicted molar refractivity (Wildman–Crippen MR) is 84.8 cm³/mol. The van der Waals surface area contributed by atoms with E-state index in [-0.39, 0.29) is 18.2 Å². The van der Waals surface area contributed by atoms with Crippen LogP contribution in [0.25, 0.3) is 0 Å². The van der Waals surface area contributed by atoms with Crippen LogP contribution >= 0.6 is 15.9 Å². The molecule has 22 heavy (non-hydrogen) atoms. The first-order valence-corrected chi connectivity index (χ1v) is 7.39. The second-order valence-electron chi connectivity index (χ2n) is 4.78. The van der Waals surface area contributed by atoms with Crippen molar-refractivity contribution >= 4 is 27.7 Å². The van der Waals surface area contributed by atoms with Crippen LogP contribution in [0.3, 0.4) is 0 Å². The van der Waals surface area contributed by atoms with Gasteiger partial charge in [0.05, 0.1) is 12.8 Å². The lowest BCUT2D eigenvalue weighted by Crippen LogP contribution is -2.45. The van der Waals surface area contributed by atoms with Crippen LogP contribution in [0.4, 0.5) is 0 Å². The molecule has 1 aromatic carbocycles. The normalized spacial score (nSPS) is 10.5. The van der Waals surface area contributed by atoms with Crippen molar-refractivity contribution in [3.63, 3.8) is 0 Å². The zero-order valence-corrected chi connectivity index (χ0v) is 13.6. The van der Waals surface area contributed by atoms with Gasteiger partial charge in [-0.1, -0.05) is 28.1 Å². The van der Waals surface area contributed by atoms with Crippen molar-refractivity contribution < 1.29 is 14.0 Å². The fourth-order valence-corrected chi connectivity index (χ4v) is 2.10. The Kier molecular flexibility index (Phi) is 5.74. The summed E-state index contributed by atoms with van der Waals surface area (Å²) in [6.45, 7) is 0.793. The van der Waals surface area contributed by atoms with Crippen LogP contribution in [0.1, 0.15) is 16.1 Å². The fraction of sp³-hybridized carbons (Fsp3) is 0.200. The molecule has 0 aliphatic heterocycles. The number of hydrogen-bond acceptors (Lipinski definition) is 4. The van der Waals surface area contributed by atoms with Gasteiger partial charge >= 0.3 is 5.91 Å². The summed E-state index contributed by atoms with van der Waals surface area (Å²) in [4.78, 5) is 25.2. The molecule has 0 bridgehead atoms. The second kappa shape index (κ2) is 7.77. The van der Waals surface area contributed by atoms with E-state index in [1.54, 1.807) is 6.07 Å². The number of halogens is 1. The molecule has 0 atom stereocenters. The van der Waals surface area contributed by atoms with Gasteiger partial charge in [-0.15, -0.1) is 0 Å². The minimum Gasteiger partial charge on any atom is -0.459 e. The lowest BCUT2D eigenvalue weighted by molar-refractivity contribution is -0.122. The number of hydrogen-bond donors (Lipinski definition) is 2. The van der Waals surface area contributed by atoms with Crippen LogP contribution in [0.5, 0.6) is 0 Å². The smallest absolute Gasteiger partial charge is 0.305 e. The standard InChI is InChI=1S/C15H16BrN3O3/c1-19(9-11-4-6-12(16)7-5-11)10-14(20)17-18-15(21)13-3-2-8-22-13/h2-8H,9-10H2,1H3,(H,17,20)(H,18,21). The summed E-state index contributed by atoms with van der Waals surface area (Å²) in [5.41, 5.74) is 5.74. The van der Waals surface area contributed by atoms with Crippen molar-refractivity contribution in [3.05, 3.63) is 58.5 Å². The molecule has 6 nitrogen and oxygen atoms in total. The Morgan fingerprint density at radius 2 is 1.91 bits per heavy atom. The van der Waals surface area contributed by atoms with Crippen LogP contribution in [-0.2, 0) is 11.3 Å². The minimum atomic E-state index is -0.492. The Balaban J connectivity index is 1.74. The molecule has 7 heteroatoms. The van der Waals surface area contributed by atoms with E-state index in [1.165, 1.54) is 12.3 Å². The summed E-state index contributed by atoms with van der Waals surface area (Å²) in [6.07, 6.45) is 1.39. The molecule has 0 spiro atoms. The number of nitrogens with one attached hydrogen (secondary N) is 2. The highest BCUT2D eigenvalue weighted by atomic mass is 79.9. The van der Waals surface area contributed by atoms with E-state index in [0.717, 1.165) is 10.0 Å². The molecular formula is C15H16BrN3O3. The lowest BCUT2D eigenvalue weighted by atomic mass is 10.2. The third-order valence-corrected chi connectivity index (χ3v) is 3.37. The van der Waals surface area contributed by atoms with Crippen molar-refractivity contribution in [3.8, 4) is 0 Å². The number of likely N-dealkylation sites (N-methyl/N-ethyl adjacent to an activating group) is 1. The number of hydrazine groups is 1. The molecule has 1 aromatic heterocycles. The van der Waals surface area contributed by atoms with E-state index in [0.29, 0.717) is 6.54 Å². The summed E-state index contributed by atoms with van der Waals surface area (Å²) >= 11 is 3.38. The summed E-state index contributed by atoms with van der Waals surface area (Å²) in [5, 5.41) is 0. The van der Waals surface area contributed by atoms with Crippen molar-refractivity contribution in [2.45, 2.75) is 6.54 Å². The number of rotatable bonds is 5. The second-order valence-corrected chi connectivity index (χ2v) is 5.69. The maximum atomic E-state index is 11.8. The first kappa shape index (κ1) is 16.3. The number of nitrogens with zero attached hydrogens (tertiary/aromatic N) is 1. The fourth-order valence-electron chi connectivity index (χ4n) is 1.84. The van der Waals surface area contributed by atoms with Crippen molar-refractivity contribution in [2.24, 2.45) is 0 Å². The maximum Gasteiger partial charge on any atom is 0.305 e. The first-order valence-electron chi connectivity index (χ1n) is 6.60. The van der Waals surface area contributed by atoms with Crippen LogP contribution < -0.4 is 10.9 Å². The Hall–Kier alpha value is -2.12. The Morgan fingerprint density at radius 1 is 1.18 bits per heavy atom. The number of benzene rings is 1. The van der Waals surface area contributed by atoms with Gasteiger partial charge in [0, 0.05) is 11.0 Å². The van der Waals surface area contributed by atoms with E-state index < -0.39 is 5.91 Å². The average Bonchev–Trinajstić information content (AvgIpc) is 3.01. The maximum absolute atomic E-state index is 11.8. The van der Waals surface area contributed by atoms with Gasteiger partial charge < -0.3 is 4.42 Å². The van der Waals surface area contributed by atoms with Gasteiger partial charge in [-0.3, -0.25) is 25.3 Å². The molecule has 0 aliphatic rings. The monoisotopic (exact) mass is 365 g/mol. The topological polar surface area (TPSA) is 74.6 Å². The highest BCUT2D eigenvalue weighted by Gasteiger charge is 2.11. The van der Waals surface area contributed by atoms with E-state index in [4.69, 9.17) is 4.42 Å². The quantitative estimate of drug-likeness (QED) is 0.794. The van der Waals surface area contributed by atoms with E-state index >= 15 is 0 Å². The van der Waals surface area contributed by atoms with Gasteiger partial charge in [-0.05, 0) is 36.9 Å². The van der Waals surface area contributed by atoms with Gasteiger partial charge in [-0.25, -0.2) is 0 Å². The first-order chi connectivity index (χ1) is 10.5. The van der Waals surface area contributed by atoms with Gasteiger partial charge in [0.15, 0.2) is 5.76 Å². The molecule has 0 saturated carbocycles. The van der Waals surface area contributed by atoms with Crippen LogP contribution in [-0.4, -0.2) is 30.3 Å². The molecule has 2 aromatic rings. The molecule has 0 fully saturated rings. The van der Waals surface area contributed by atoms with Gasteiger partial charge in [-0.2, -0.15) is 0 Å². The van der Waals surface area contributed by atoms with Gasteiger partial charge in [0.2, 0.25) is 0 Å². The van der Waals surface area contributed by atoms with Gasteiger partial charge in [0.25, 0.3) is 5.91 Å². The Labute approximate surface area is 136 Å². The largest absolute Gasteiger partial charge is 0.459 e. The lowest BCUT2D eigenvalue weighted by Gasteiger charge is -2.16. The van der Waals surface area contributed by atoms with Gasteiger partial charge in [0.1, 0.15) is 0 Å². The number of amides is 2. The molecule has 0 aliphatic carbocycles. The highest BCUT2D eigenvalue weighted by Crippen LogP contribution is 2.11. The highest BCUT2D eigenvalue weighted by molar-refractivity contribution is 9.10. The Bertz CT molecular complexity index is 626. The molecule has 0 radical (unpaired) electrons. The summed E-state index contributed by atoms with van der Waals surface area (Å²) < 4.78 is 5.93. The molecule has 2 N–H and O–H groups in total. The number of furan rings is 1.